The highest BCUT2D eigenvalue weighted by atomic mass is 15.0. The number of fused-ring (bicyclic) bond motifs is 1. The van der Waals surface area contributed by atoms with Crippen LogP contribution in [0.4, 0.5) is 5.95 Å². The molecule has 1 aliphatic heterocycles. The van der Waals surface area contributed by atoms with Crippen molar-refractivity contribution >= 4 is 16.9 Å². The van der Waals surface area contributed by atoms with Crippen molar-refractivity contribution in [2.24, 2.45) is 0 Å². The summed E-state index contributed by atoms with van der Waals surface area (Å²) >= 11 is 0. The van der Waals surface area contributed by atoms with Gasteiger partial charge in [0.05, 0.1) is 11.2 Å². The van der Waals surface area contributed by atoms with Crippen LogP contribution >= 0.6 is 0 Å². The number of hydrogen-bond donors (Lipinski definition) is 2. The Morgan fingerprint density at radius 2 is 2.24 bits per heavy atom. The molecule has 4 nitrogen and oxygen atoms in total. The molecule has 3 rings (SSSR count). The SMILES string of the molecule is Cc1ccc2nc(N)nc(C3CCNC3)c2c1. The maximum absolute atomic E-state index is 5.79. The number of aromatic nitrogens is 2. The summed E-state index contributed by atoms with van der Waals surface area (Å²) in [6, 6.07) is 6.24. The summed E-state index contributed by atoms with van der Waals surface area (Å²) in [4.78, 5) is 8.75. The molecule has 1 aromatic carbocycles. The summed E-state index contributed by atoms with van der Waals surface area (Å²) in [5.74, 6) is 0.841. The molecule has 2 heterocycles. The van der Waals surface area contributed by atoms with E-state index in [4.69, 9.17) is 5.73 Å². The van der Waals surface area contributed by atoms with Crippen LogP contribution < -0.4 is 11.1 Å². The molecule has 0 amide bonds. The molecule has 1 unspecified atom stereocenters. The highest BCUT2D eigenvalue weighted by Gasteiger charge is 2.21. The number of rotatable bonds is 1. The van der Waals surface area contributed by atoms with E-state index in [1.807, 2.05) is 6.07 Å². The molecule has 1 atom stereocenters. The molecule has 1 aromatic heterocycles. The van der Waals surface area contributed by atoms with Crippen molar-refractivity contribution in [3.63, 3.8) is 0 Å². The van der Waals surface area contributed by atoms with Crippen molar-refractivity contribution in [3.8, 4) is 0 Å². The first-order chi connectivity index (χ1) is 8.24. The van der Waals surface area contributed by atoms with E-state index in [1.165, 1.54) is 5.56 Å². The van der Waals surface area contributed by atoms with Gasteiger partial charge in [0.1, 0.15) is 0 Å². The second-order valence-corrected chi connectivity index (χ2v) is 4.68. The van der Waals surface area contributed by atoms with Crippen molar-refractivity contribution in [3.05, 3.63) is 29.5 Å². The standard InChI is InChI=1S/C13H16N4/c1-8-2-3-11-10(6-8)12(17-13(14)16-11)9-4-5-15-7-9/h2-3,6,9,15H,4-5,7H2,1H3,(H2,14,16,17). The number of nitrogens with two attached hydrogens (primary N) is 1. The fourth-order valence-corrected chi connectivity index (χ4v) is 2.48. The van der Waals surface area contributed by atoms with Crippen molar-refractivity contribution < 1.29 is 0 Å². The molecule has 0 radical (unpaired) electrons. The van der Waals surface area contributed by atoms with Crippen LogP contribution in [0.1, 0.15) is 23.6 Å². The molecule has 1 saturated heterocycles. The van der Waals surface area contributed by atoms with Crippen LogP contribution in [-0.4, -0.2) is 23.1 Å². The molecule has 3 N–H and O–H groups in total. The highest BCUT2D eigenvalue weighted by molar-refractivity contribution is 5.83. The third-order valence-electron chi connectivity index (χ3n) is 3.35. The van der Waals surface area contributed by atoms with E-state index in [9.17, 15) is 0 Å². The van der Waals surface area contributed by atoms with Gasteiger partial charge in [-0.05, 0) is 32.0 Å². The van der Waals surface area contributed by atoms with Gasteiger partial charge >= 0.3 is 0 Å². The van der Waals surface area contributed by atoms with Crippen LogP contribution in [-0.2, 0) is 0 Å². The van der Waals surface area contributed by atoms with Crippen LogP contribution in [0.5, 0.6) is 0 Å². The fraction of sp³-hybridized carbons (Fsp3) is 0.385. The number of nitrogens with zero attached hydrogens (tertiary/aromatic N) is 2. The number of nitrogen functional groups attached to an aromatic ring is 1. The molecule has 4 heteroatoms. The van der Waals surface area contributed by atoms with Crippen molar-refractivity contribution in [2.75, 3.05) is 18.8 Å². The second kappa shape index (κ2) is 3.96. The molecule has 0 spiro atoms. The molecule has 1 aliphatic rings. The lowest BCUT2D eigenvalue weighted by atomic mass is 9.99. The third-order valence-corrected chi connectivity index (χ3v) is 3.35. The van der Waals surface area contributed by atoms with E-state index in [-0.39, 0.29) is 0 Å². The molecule has 0 bridgehead atoms. The summed E-state index contributed by atoms with van der Waals surface area (Å²) in [5, 5.41) is 4.51. The van der Waals surface area contributed by atoms with E-state index in [2.05, 4.69) is 34.3 Å². The topological polar surface area (TPSA) is 63.8 Å². The predicted molar refractivity (Wildman–Crippen MR) is 68.9 cm³/mol. The van der Waals surface area contributed by atoms with Gasteiger partial charge in [-0.3, -0.25) is 0 Å². The summed E-state index contributed by atoms with van der Waals surface area (Å²) in [7, 11) is 0. The Kier molecular flexibility index (Phi) is 2.44. The van der Waals surface area contributed by atoms with Gasteiger partial charge in [0.2, 0.25) is 5.95 Å². The van der Waals surface area contributed by atoms with Crippen LogP contribution in [0.15, 0.2) is 18.2 Å². The summed E-state index contributed by atoms with van der Waals surface area (Å²) in [6.07, 6.45) is 1.12. The number of benzene rings is 1. The Morgan fingerprint density at radius 1 is 1.35 bits per heavy atom. The summed E-state index contributed by atoms with van der Waals surface area (Å²) in [6.45, 7) is 4.13. The Bertz CT molecular complexity index is 559. The molecule has 2 aromatic rings. The van der Waals surface area contributed by atoms with Gasteiger partial charge in [-0.1, -0.05) is 11.6 Å². The number of aryl methyl sites for hydroxylation is 1. The summed E-state index contributed by atoms with van der Waals surface area (Å²) < 4.78 is 0. The smallest absolute Gasteiger partial charge is 0.220 e. The molecular weight excluding hydrogens is 212 g/mol. The lowest BCUT2D eigenvalue weighted by Gasteiger charge is -2.12. The van der Waals surface area contributed by atoms with E-state index in [1.54, 1.807) is 0 Å². The number of nitrogens with one attached hydrogen (secondary N) is 1. The van der Waals surface area contributed by atoms with Gasteiger partial charge in [0.15, 0.2) is 0 Å². The average molecular weight is 228 g/mol. The average Bonchev–Trinajstić information content (AvgIpc) is 2.82. The zero-order valence-electron chi connectivity index (χ0n) is 9.90. The zero-order chi connectivity index (χ0) is 11.8. The Balaban J connectivity index is 2.23. The maximum Gasteiger partial charge on any atom is 0.220 e. The maximum atomic E-state index is 5.79. The van der Waals surface area contributed by atoms with Gasteiger partial charge in [-0.15, -0.1) is 0 Å². The van der Waals surface area contributed by atoms with Gasteiger partial charge in [0.25, 0.3) is 0 Å². The molecule has 17 heavy (non-hydrogen) atoms. The molecule has 0 aliphatic carbocycles. The van der Waals surface area contributed by atoms with Gasteiger partial charge in [-0.25, -0.2) is 9.97 Å². The quantitative estimate of drug-likeness (QED) is 0.778. The second-order valence-electron chi connectivity index (χ2n) is 4.68. The first-order valence-electron chi connectivity index (χ1n) is 5.98. The number of anilines is 1. The normalized spacial score (nSPS) is 19.9. The van der Waals surface area contributed by atoms with Crippen LogP contribution in [0.2, 0.25) is 0 Å². The van der Waals surface area contributed by atoms with Gasteiger partial charge < -0.3 is 11.1 Å². The largest absolute Gasteiger partial charge is 0.368 e. The van der Waals surface area contributed by atoms with Crippen LogP contribution in [0.3, 0.4) is 0 Å². The first-order valence-corrected chi connectivity index (χ1v) is 5.98. The predicted octanol–water partition coefficient (Wildman–Crippen LogP) is 1.60. The Labute approximate surface area is 100 Å². The fourth-order valence-electron chi connectivity index (χ4n) is 2.48. The van der Waals surface area contributed by atoms with E-state index >= 15 is 0 Å². The van der Waals surface area contributed by atoms with E-state index < -0.39 is 0 Å². The van der Waals surface area contributed by atoms with Crippen LogP contribution in [0, 0.1) is 6.92 Å². The molecule has 1 fully saturated rings. The minimum atomic E-state index is 0.378. The minimum Gasteiger partial charge on any atom is -0.368 e. The molecular formula is C13H16N4. The molecule has 0 saturated carbocycles. The monoisotopic (exact) mass is 228 g/mol. The van der Waals surface area contributed by atoms with E-state index in [0.29, 0.717) is 11.9 Å². The lowest BCUT2D eigenvalue weighted by Crippen LogP contribution is -2.10. The molecule has 88 valence electrons. The number of hydrogen-bond acceptors (Lipinski definition) is 4. The minimum absolute atomic E-state index is 0.378. The zero-order valence-corrected chi connectivity index (χ0v) is 9.90. The highest BCUT2D eigenvalue weighted by Crippen LogP contribution is 2.28. The van der Waals surface area contributed by atoms with Gasteiger partial charge in [-0.2, -0.15) is 0 Å². The Morgan fingerprint density at radius 3 is 3.00 bits per heavy atom. The van der Waals surface area contributed by atoms with Gasteiger partial charge in [0, 0.05) is 17.8 Å². The van der Waals surface area contributed by atoms with Crippen molar-refractivity contribution in [2.45, 2.75) is 19.3 Å². The summed E-state index contributed by atoms with van der Waals surface area (Å²) in [5.41, 5.74) is 9.07. The third kappa shape index (κ3) is 1.85. The first kappa shape index (κ1) is 10.5. The van der Waals surface area contributed by atoms with Crippen LogP contribution in [0.25, 0.3) is 10.9 Å². The van der Waals surface area contributed by atoms with Crippen molar-refractivity contribution in [1.82, 2.24) is 15.3 Å². The Hall–Kier alpha value is -1.68. The lowest BCUT2D eigenvalue weighted by molar-refractivity contribution is 0.742. The van der Waals surface area contributed by atoms with Crippen molar-refractivity contribution in [1.29, 1.82) is 0 Å². The van der Waals surface area contributed by atoms with E-state index in [0.717, 1.165) is 36.1 Å².